The second-order valence-electron chi connectivity index (χ2n) is 10.5. The summed E-state index contributed by atoms with van der Waals surface area (Å²) < 4.78 is 13.6. The number of rotatable bonds is 15. The van der Waals surface area contributed by atoms with Gasteiger partial charge in [0.1, 0.15) is 5.78 Å². The van der Waals surface area contributed by atoms with Crippen LogP contribution in [0.4, 0.5) is 0 Å². The first-order valence-corrected chi connectivity index (χ1v) is 15.7. The fourth-order valence-corrected chi connectivity index (χ4v) is 6.30. The third kappa shape index (κ3) is 10.3. The summed E-state index contributed by atoms with van der Waals surface area (Å²) in [6, 6.07) is 15.6. The number of nitrogens with zero attached hydrogens (tertiary/aromatic N) is 1. The molecule has 9 heteroatoms. The summed E-state index contributed by atoms with van der Waals surface area (Å²) in [5.41, 5.74) is 1.41. The minimum atomic E-state index is -4.03. The van der Waals surface area contributed by atoms with Crippen molar-refractivity contribution in [1.82, 2.24) is 15.5 Å². The molecule has 0 bridgehead atoms. The highest BCUT2D eigenvalue weighted by Gasteiger charge is 2.36. The van der Waals surface area contributed by atoms with E-state index < -0.39 is 25.0 Å². The van der Waals surface area contributed by atoms with Crippen molar-refractivity contribution in [2.45, 2.75) is 59.7 Å². The van der Waals surface area contributed by atoms with E-state index in [-0.39, 0.29) is 35.9 Å². The van der Waals surface area contributed by atoms with Crippen molar-refractivity contribution in [3.05, 3.63) is 71.3 Å². The zero-order valence-corrected chi connectivity index (χ0v) is 24.7. The first-order valence-electron chi connectivity index (χ1n) is 13.8. The van der Waals surface area contributed by atoms with Crippen LogP contribution in [0.25, 0.3) is 0 Å². The quantitative estimate of drug-likeness (QED) is 0.269. The van der Waals surface area contributed by atoms with Gasteiger partial charge in [-0.2, -0.15) is 0 Å². The largest absolute Gasteiger partial charge is 0.356 e. The molecule has 214 valence electrons. The molecule has 0 aliphatic heterocycles. The third-order valence-electron chi connectivity index (χ3n) is 6.37. The molecule has 3 atom stereocenters. The smallest absolute Gasteiger partial charge is 0.253 e. The molecule has 0 aromatic heterocycles. The first kappa shape index (κ1) is 32.3. The molecule has 0 aliphatic rings. The van der Waals surface area contributed by atoms with Gasteiger partial charge in [-0.25, -0.2) is 0 Å². The molecule has 39 heavy (non-hydrogen) atoms. The van der Waals surface area contributed by atoms with Crippen LogP contribution < -0.4 is 10.6 Å². The van der Waals surface area contributed by atoms with Gasteiger partial charge >= 0.3 is 0 Å². The van der Waals surface area contributed by atoms with E-state index in [9.17, 15) is 23.8 Å². The van der Waals surface area contributed by atoms with Gasteiger partial charge in [0.25, 0.3) is 11.8 Å². The van der Waals surface area contributed by atoms with Crippen molar-refractivity contribution in [2.24, 2.45) is 11.8 Å². The van der Waals surface area contributed by atoms with Gasteiger partial charge in [-0.1, -0.05) is 71.0 Å². The van der Waals surface area contributed by atoms with E-state index in [1.54, 1.807) is 30.0 Å². The second-order valence-corrected chi connectivity index (χ2v) is 13.0. The number of hydrogen-bond acceptors (Lipinski definition) is 4. The standard InChI is InChI=1S/C30H44N3O5P/c1-6-16-33(17-7-2)30(36)26-15-11-14-25(19-26)29(35)32-27(18-24-12-9-8-10-13-24)39(37,38)21-23(5)28(34)31-20-22(3)4/h8-15,19,22-23,27H,6-7,16-18,20-21H2,1-5H3,(H,31,34)(H,32,35)(H,37,38)/t23?,27-/m1/s1. The maximum atomic E-state index is 13.6. The van der Waals surface area contributed by atoms with E-state index in [0.29, 0.717) is 25.2 Å². The molecule has 0 radical (unpaired) electrons. The van der Waals surface area contributed by atoms with Crippen LogP contribution in [0.5, 0.6) is 0 Å². The highest BCUT2D eigenvalue weighted by atomic mass is 31.2. The molecule has 0 fully saturated rings. The molecule has 3 N–H and O–H groups in total. The predicted molar refractivity (Wildman–Crippen MR) is 156 cm³/mol. The number of carbonyl (C=O) groups excluding carboxylic acids is 3. The fourth-order valence-electron chi connectivity index (χ4n) is 4.28. The van der Waals surface area contributed by atoms with E-state index in [0.717, 1.165) is 18.4 Å². The van der Waals surface area contributed by atoms with Crippen LogP contribution >= 0.6 is 7.37 Å². The van der Waals surface area contributed by atoms with Crippen LogP contribution in [0.3, 0.4) is 0 Å². The lowest BCUT2D eigenvalue weighted by Gasteiger charge is -2.27. The minimum Gasteiger partial charge on any atom is -0.356 e. The molecule has 2 aromatic carbocycles. The first-order chi connectivity index (χ1) is 18.5. The number of hydrogen-bond donors (Lipinski definition) is 3. The number of carbonyl (C=O) groups is 3. The van der Waals surface area contributed by atoms with Gasteiger partial charge in [0, 0.05) is 49.3 Å². The van der Waals surface area contributed by atoms with Crippen molar-refractivity contribution >= 4 is 25.1 Å². The van der Waals surface area contributed by atoms with Crippen LogP contribution in [-0.4, -0.2) is 59.1 Å². The molecule has 2 aromatic rings. The lowest BCUT2D eigenvalue weighted by atomic mass is 10.1. The van der Waals surface area contributed by atoms with E-state index in [1.165, 1.54) is 6.07 Å². The Kier molecular flexibility index (Phi) is 12.9. The lowest BCUT2D eigenvalue weighted by molar-refractivity contribution is -0.124. The summed E-state index contributed by atoms with van der Waals surface area (Å²) in [5.74, 6) is -2.55. The van der Waals surface area contributed by atoms with Crippen LogP contribution in [0.2, 0.25) is 0 Å². The Morgan fingerprint density at radius 1 is 0.923 bits per heavy atom. The highest BCUT2D eigenvalue weighted by Crippen LogP contribution is 2.48. The Balaban J connectivity index is 2.28. The summed E-state index contributed by atoms with van der Waals surface area (Å²) in [5, 5.41) is 5.56. The van der Waals surface area contributed by atoms with Gasteiger partial charge in [0.05, 0.1) is 0 Å². The van der Waals surface area contributed by atoms with E-state index in [2.05, 4.69) is 10.6 Å². The van der Waals surface area contributed by atoms with Gasteiger partial charge in [-0.3, -0.25) is 18.9 Å². The summed E-state index contributed by atoms with van der Waals surface area (Å²) >= 11 is 0. The summed E-state index contributed by atoms with van der Waals surface area (Å²) in [6.45, 7) is 11.3. The molecule has 2 unspecified atom stereocenters. The van der Waals surface area contributed by atoms with Gasteiger partial charge in [-0.15, -0.1) is 0 Å². The molecule has 0 saturated carbocycles. The zero-order valence-electron chi connectivity index (χ0n) is 23.9. The van der Waals surface area contributed by atoms with Crippen LogP contribution in [0.1, 0.15) is 73.7 Å². The molecular weight excluding hydrogens is 513 g/mol. The van der Waals surface area contributed by atoms with Gasteiger partial charge in [0.15, 0.2) is 0 Å². The van der Waals surface area contributed by atoms with Crippen molar-refractivity contribution in [3.8, 4) is 0 Å². The predicted octanol–water partition coefficient (Wildman–Crippen LogP) is 4.93. The summed E-state index contributed by atoms with van der Waals surface area (Å²) in [7, 11) is -4.03. The highest BCUT2D eigenvalue weighted by molar-refractivity contribution is 7.58. The third-order valence-corrected chi connectivity index (χ3v) is 8.73. The Labute approximate surface area is 233 Å². The number of benzene rings is 2. The number of nitrogens with one attached hydrogen (secondary N) is 2. The molecule has 2 rings (SSSR count). The monoisotopic (exact) mass is 557 g/mol. The molecule has 0 spiro atoms. The summed E-state index contributed by atoms with van der Waals surface area (Å²) in [4.78, 5) is 51.9. The number of amides is 3. The average Bonchev–Trinajstić information content (AvgIpc) is 2.91. The molecule has 0 saturated heterocycles. The topological polar surface area (TPSA) is 116 Å². The zero-order chi connectivity index (χ0) is 29.0. The minimum absolute atomic E-state index is 0.125. The van der Waals surface area contributed by atoms with Gasteiger partial charge < -0.3 is 20.4 Å². The van der Waals surface area contributed by atoms with Crippen LogP contribution in [0.15, 0.2) is 54.6 Å². The molecule has 0 aliphatic carbocycles. The molecular formula is C30H44N3O5P. The van der Waals surface area contributed by atoms with Crippen LogP contribution in [0, 0.1) is 11.8 Å². The van der Waals surface area contributed by atoms with Crippen molar-refractivity contribution in [1.29, 1.82) is 0 Å². The SMILES string of the molecule is CCCN(CCC)C(=O)c1cccc(C(=O)N[C@@H](Cc2ccccc2)P(=O)(O)CC(C)C(=O)NCC(C)C)c1. The second kappa shape index (κ2) is 15.6. The molecule has 0 heterocycles. The Morgan fingerprint density at radius 3 is 2.13 bits per heavy atom. The van der Waals surface area contributed by atoms with E-state index in [1.807, 2.05) is 58.0 Å². The summed E-state index contributed by atoms with van der Waals surface area (Å²) in [6.07, 6.45) is 1.51. The molecule has 8 nitrogen and oxygen atoms in total. The van der Waals surface area contributed by atoms with Crippen molar-refractivity contribution in [3.63, 3.8) is 0 Å². The maximum absolute atomic E-state index is 13.6. The fraction of sp³-hybridized carbons (Fsp3) is 0.500. The van der Waals surface area contributed by atoms with Crippen molar-refractivity contribution in [2.75, 3.05) is 25.8 Å². The van der Waals surface area contributed by atoms with Gasteiger partial charge in [0.2, 0.25) is 13.3 Å². The Morgan fingerprint density at radius 2 is 1.54 bits per heavy atom. The van der Waals surface area contributed by atoms with Gasteiger partial charge in [-0.05, 0) is 42.5 Å². The van der Waals surface area contributed by atoms with Crippen molar-refractivity contribution < 1.29 is 23.8 Å². The van der Waals surface area contributed by atoms with E-state index in [4.69, 9.17) is 0 Å². The van der Waals surface area contributed by atoms with Crippen LogP contribution in [-0.2, 0) is 15.8 Å². The van der Waals surface area contributed by atoms with E-state index >= 15 is 0 Å². The normalized spacial score (nSPS) is 14.2. The average molecular weight is 558 g/mol. The lowest BCUT2D eigenvalue weighted by Crippen LogP contribution is -2.39. The maximum Gasteiger partial charge on any atom is 0.253 e. The Bertz CT molecular complexity index is 1130. The molecule has 3 amide bonds. The Hall–Kier alpha value is -2.96.